The third kappa shape index (κ3) is 4.23. The average Bonchev–Trinajstić information content (AvgIpc) is 2.39. The SMILES string of the molecule is CC(NCC1CCN(C)CC1)C1CCOCC1. The van der Waals surface area contributed by atoms with Gasteiger partial charge in [-0.25, -0.2) is 0 Å². The fourth-order valence-corrected chi connectivity index (χ4v) is 3.00. The number of rotatable bonds is 4. The molecule has 0 aromatic rings. The summed E-state index contributed by atoms with van der Waals surface area (Å²) in [5.41, 5.74) is 0. The molecule has 3 nitrogen and oxygen atoms in total. The Morgan fingerprint density at radius 3 is 2.47 bits per heavy atom. The molecule has 1 N–H and O–H groups in total. The fraction of sp³-hybridized carbons (Fsp3) is 1.00. The van der Waals surface area contributed by atoms with Crippen LogP contribution in [0.1, 0.15) is 32.6 Å². The van der Waals surface area contributed by atoms with Crippen molar-refractivity contribution in [3.05, 3.63) is 0 Å². The van der Waals surface area contributed by atoms with Gasteiger partial charge in [-0.1, -0.05) is 0 Å². The van der Waals surface area contributed by atoms with E-state index in [-0.39, 0.29) is 0 Å². The Morgan fingerprint density at radius 1 is 1.18 bits per heavy atom. The van der Waals surface area contributed by atoms with Gasteiger partial charge in [-0.15, -0.1) is 0 Å². The van der Waals surface area contributed by atoms with Crippen molar-refractivity contribution in [1.82, 2.24) is 10.2 Å². The molecule has 100 valence electrons. The largest absolute Gasteiger partial charge is 0.381 e. The lowest BCUT2D eigenvalue weighted by atomic mass is 9.91. The Bertz CT molecular complexity index is 208. The third-order valence-electron chi connectivity index (χ3n) is 4.54. The predicted octanol–water partition coefficient (Wildman–Crippen LogP) is 1.73. The summed E-state index contributed by atoms with van der Waals surface area (Å²) in [4.78, 5) is 2.44. The summed E-state index contributed by atoms with van der Waals surface area (Å²) in [6, 6.07) is 0.665. The second kappa shape index (κ2) is 6.72. The zero-order valence-corrected chi connectivity index (χ0v) is 11.5. The van der Waals surface area contributed by atoms with Crippen LogP contribution in [0.5, 0.6) is 0 Å². The van der Waals surface area contributed by atoms with Crippen molar-refractivity contribution in [3.63, 3.8) is 0 Å². The van der Waals surface area contributed by atoms with E-state index < -0.39 is 0 Å². The van der Waals surface area contributed by atoms with Crippen LogP contribution in [0.15, 0.2) is 0 Å². The highest BCUT2D eigenvalue weighted by Gasteiger charge is 2.22. The molecule has 2 fully saturated rings. The molecule has 2 heterocycles. The van der Waals surface area contributed by atoms with Crippen molar-refractivity contribution in [3.8, 4) is 0 Å². The minimum Gasteiger partial charge on any atom is -0.381 e. The molecule has 0 aliphatic carbocycles. The highest BCUT2D eigenvalue weighted by molar-refractivity contribution is 4.78. The van der Waals surface area contributed by atoms with Crippen LogP contribution in [-0.2, 0) is 4.74 Å². The second-order valence-corrected chi connectivity index (χ2v) is 5.89. The first-order valence-corrected chi connectivity index (χ1v) is 7.25. The summed E-state index contributed by atoms with van der Waals surface area (Å²) in [7, 11) is 2.23. The van der Waals surface area contributed by atoms with Crippen LogP contribution in [-0.4, -0.2) is 50.8 Å². The second-order valence-electron chi connectivity index (χ2n) is 5.89. The molecule has 1 atom stereocenters. The normalized spacial score (nSPS) is 27.2. The number of ether oxygens (including phenoxy) is 1. The van der Waals surface area contributed by atoms with Crippen LogP contribution in [0.3, 0.4) is 0 Å². The molecule has 0 aromatic carbocycles. The lowest BCUT2D eigenvalue weighted by Gasteiger charge is -2.32. The Balaban J connectivity index is 1.63. The molecular formula is C14H28N2O. The summed E-state index contributed by atoms with van der Waals surface area (Å²) in [6.07, 6.45) is 5.21. The number of hydrogen-bond donors (Lipinski definition) is 1. The van der Waals surface area contributed by atoms with Gasteiger partial charge in [-0.2, -0.15) is 0 Å². The number of hydrogen-bond acceptors (Lipinski definition) is 3. The molecule has 2 aliphatic heterocycles. The van der Waals surface area contributed by atoms with Crippen molar-refractivity contribution in [1.29, 1.82) is 0 Å². The lowest BCUT2D eigenvalue weighted by molar-refractivity contribution is 0.0549. The monoisotopic (exact) mass is 240 g/mol. The Labute approximate surface area is 106 Å². The van der Waals surface area contributed by atoms with E-state index >= 15 is 0 Å². The molecule has 0 spiro atoms. The summed E-state index contributed by atoms with van der Waals surface area (Å²) in [6.45, 7) is 8.04. The Hall–Kier alpha value is -0.120. The third-order valence-corrected chi connectivity index (χ3v) is 4.54. The van der Waals surface area contributed by atoms with Gasteiger partial charge in [0.2, 0.25) is 0 Å². The maximum absolute atomic E-state index is 5.42. The topological polar surface area (TPSA) is 24.5 Å². The van der Waals surface area contributed by atoms with Crippen molar-refractivity contribution >= 4 is 0 Å². The zero-order chi connectivity index (χ0) is 12.1. The number of nitrogens with one attached hydrogen (secondary N) is 1. The maximum Gasteiger partial charge on any atom is 0.0469 e. The summed E-state index contributed by atoms with van der Waals surface area (Å²) < 4.78 is 5.42. The van der Waals surface area contributed by atoms with Crippen LogP contribution < -0.4 is 5.32 Å². The van der Waals surface area contributed by atoms with Gasteiger partial charge in [0.05, 0.1) is 0 Å². The van der Waals surface area contributed by atoms with Gasteiger partial charge in [0.1, 0.15) is 0 Å². The van der Waals surface area contributed by atoms with Crippen LogP contribution in [0.25, 0.3) is 0 Å². The molecular weight excluding hydrogens is 212 g/mol. The van der Waals surface area contributed by atoms with Crippen molar-refractivity contribution in [2.45, 2.75) is 38.6 Å². The molecule has 0 saturated carbocycles. The molecule has 3 heteroatoms. The van der Waals surface area contributed by atoms with E-state index in [1.807, 2.05) is 0 Å². The minimum absolute atomic E-state index is 0.665. The Morgan fingerprint density at radius 2 is 1.82 bits per heavy atom. The maximum atomic E-state index is 5.42. The van der Waals surface area contributed by atoms with Crippen LogP contribution in [0, 0.1) is 11.8 Å². The average molecular weight is 240 g/mol. The number of nitrogens with zero attached hydrogens (tertiary/aromatic N) is 1. The van der Waals surface area contributed by atoms with E-state index in [4.69, 9.17) is 4.74 Å². The van der Waals surface area contributed by atoms with Gasteiger partial charge < -0.3 is 15.0 Å². The molecule has 0 bridgehead atoms. The first-order valence-electron chi connectivity index (χ1n) is 7.25. The predicted molar refractivity (Wildman–Crippen MR) is 71.2 cm³/mol. The van der Waals surface area contributed by atoms with Gasteiger partial charge in [-0.05, 0) is 71.1 Å². The molecule has 2 aliphatic rings. The van der Waals surface area contributed by atoms with E-state index in [1.54, 1.807) is 0 Å². The highest BCUT2D eigenvalue weighted by Crippen LogP contribution is 2.20. The standard InChI is InChI=1S/C14H28N2O/c1-12(14-5-9-17-10-6-14)15-11-13-3-7-16(2)8-4-13/h12-15H,3-11H2,1-2H3. The first kappa shape index (κ1) is 13.3. The Kier molecular flexibility index (Phi) is 5.26. The molecule has 0 radical (unpaired) electrons. The lowest BCUT2D eigenvalue weighted by Crippen LogP contribution is -2.41. The summed E-state index contributed by atoms with van der Waals surface area (Å²) >= 11 is 0. The smallest absolute Gasteiger partial charge is 0.0469 e. The van der Waals surface area contributed by atoms with Gasteiger partial charge in [-0.3, -0.25) is 0 Å². The van der Waals surface area contributed by atoms with E-state index in [0.29, 0.717) is 6.04 Å². The number of likely N-dealkylation sites (tertiary alicyclic amines) is 1. The van der Waals surface area contributed by atoms with Gasteiger partial charge >= 0.3 is 0 Å². The summed E-state index contributed by atoms with van der Waals surface area (Å²) in [5, 5.41) is 3.76. The van der Waals surface area contributed by atoms with Crippen LogP contribution >= 0.6 is 0 Å². The molecule has 17 heavy (non-hydrogen) atoms. The summed E-state index contributed by atoms with van der Waals surface area (Å²) in [5.74, 6) is 1.73. The zero-order valence-electron chi connectivity index (χ0n) is 11.5. The van der Waals surface area contributed by atoms with Crippen molar-refractivity contribution in [2.75, 3.05) is 39.9 Å². The van der Waals surface area contributed by atoms with E-state index in [9.17, 15) is 0 Å². The first-order chi connectivity index (χ1) is 8.25. The quantitative estimate of drug-likeness (QED) is 0.810. The highest BCUT2D eigenvalue weighted by atomic mass is 16.5. The van der Waals surface area contributed by atoms with Crippen LogP contribution in [0.2, 0.25) is 0 Å². The minimum atomic E-state index is 0.665. The molecule has 2 saturated heterocycles. The van der Waals surface area contributed by atoms with E-state index in [2.05, 4.69) is 24.2 Å². The number of piperidine rings is 1. The van der Waals surface area contributed by atoms with E-state index in [1.165, 1.54) is 45.3 Å². The van der Waals surface area contributed by atoms with Crippen molar-refractivity contribution < 1.29 is 4.74 Å². The molecule has 0 aromatic heterocycles. The van der Waals surface area contributed by atoms with Gasteiger partial charge in [0.15, 0.2) is 0 Å². The molecule has 2 rings (SSSR count). The van der Waals surface area contributed by atoms with Gasteiger partial charge in [0.25, 0.3) is 0 Å². The van der Waals surface area contributed by atoms with Crippen LogP contribution in [0.4, 0.5) is 0 Å². The van der Waals surface area contributed by atoms with Gasteiger partial charge in [0, 0.05) is 19.3 Å². The van der Waals surface area contributed by atoms with E-state index in [0.717, 1.165) is 25.0 Å². The molecule has 1 unspecified atom stereocenters. The fourth-order valence-electron chi connectivity index (χ4n) is 3.00. The van der Waals surface area contributed by atoms with Crippen molar-refractivity contribution in [2.24, 2.45) is 11.8 Å². The molecule has 0 amide bonds.